The van der Waals surface area contributed by atoms with Gasteiger partial charge in [-0.15, -0.1) is 0 Å². The van der Waals surface area contributed by atoms with Gasteiger partial charge in [-0.25, -0.2) is 0 Å². The lowest BCUT2D eigenvalue weighted by molar-refractivity contribution is 0.158. The molecule has 94 valence electrons. The Morgan fingerprint density at radius 3 is 2.89 bits per heavy atom. The second-order valence-corrected chi connectivity index (χ2v) is 5.42. The van der Waals surface area contributed by atoms with Gasteiger partial charge < -0.3 is 5.11 Å². The van der Waals surface area contributed by atoms with Gasteiger partial charge in [0.05, 0.1) is 17.3 Å². The minimum Gasteiger partial charge on any atom is -0.387 e. The van der Waals surface area contributed by atoms with Gasteiger partial charge in [-0.1, -0.05) is 31.0 Å². The zero-order valence-electron chi connectivity index (χ0n) is 10.8. The molecule has 1 atom stereocenters. The Bertz CT molecular complexity index is 560. The number of hydrogen-bond acceptors (Lipinski definition) is 2. The summed E-state index contributed by atoms with van der Waals surface area (Å²) in [6.45, 7) is 2.08. The average molecular weight is 241 g/mol. The smallest absolute Gasteiger partial charge is 0.0960 e. The van der Waals surface area contributed by atoms with E-state index in [1.165, 1.54) is 23.8 Å². The molecule has 1 aromatic carbocycles. The van der Waals surface area contributed by atoms with Gasteiger partial charge >= 0.3 is 0 Å². The largest absolute Gasteiger partial charge is 0.387 e. The van der Waals surface area contributed by atoms with Gasteiger partial charge in [0.15, 0.2) is 0 Å². The first-order valence-electron chi connectivity index (χ1n) is 6.78. The first-order valence-corrected chi connectivity index (χ1v) is 6.78. The number of nitrogens with zero attached hydrogens (tertiary/aromatic N) is 1. The Hall–Kier alpha value is -1.41. The van der Waals surface area contributed by atoms with E-state index in [-0.39, 0.29) is 0 Å². The van der Waals surface area contributed by atoms with Crippen LogP contribution in [-0.4, -0.2) is 10.1 Å². The Balaban J connectivity index is 1.86. The minimum atomic E-state index is -0.408. The summed E-state index contributed by atoms with van der Waals surface area (Å²) in [6, 6.07) is 10.1. The first kappa shape index (κ1) is 11.7. The van der Waals surface area contributed by atoms with Crippen LogP contribution in [0.2, 0.25) is 0 Å². The van der Waals surface area contributed by atoms with Crippen LogP contribution in [0.4, 0.5) is 0 Å². The number of aliphatic hydroxyl groups is 1. The van der Waals surface area contributed by atoms with Gasteiger partial charge in [-0.05, 0) is 43.4 Å². The third-order valence-corrected chi connectivity index (χ3v) is 3.83. The third-order valence-electron chi connectivity index (χ3n) is 3.83. The van der Waals surface area contributed by atoms with Crippen molar-refractivity contribution < 1.29 is 5.11 Å². The van der Waals surface area contributed by atoms with Gasteiger partial charge in [0.25, 0.3) is 0 Å². The maximum atomic E-state index is 10.2. The van der Waals surface area contributed by atoms with Gasteiger partial charge in [-0.3, -0.25) is 4.98 Å². The van der Waals surface area contributed by atoms with Crippen LogP contribution >= 0.6 is 0 Å². The van der Waals surface area contributed by atoms with E-state index in [1.54, 1.807) is 0 Å². The summed E-state index contributed by atoms with van der Waals surface area (Å²) < 4.78 is 0. The lowest BCUT2D eigenvalue weighted by Gasteiger charge is -2.12. The summed E-state index contributed by atoms with van der Waals surface area (Å²) in [5.74, 6) is 0.862. The molecule has 2 aromatic rings. The van der Waals surface area contributed by atoms with Crippen LogP contribution in [-0.2, 0) is 0 Å². The van der Waals surface area contributed by atoms with Crippen molar-refractivity contribution >= 4 is 10.9 Å². The van der Waals surface area contributed by atoms with Crippen LogP contribution in [0.25, 0.3) is 10.9 Å². The number of aromatic nitrogens is 1. The highest BCUT2D eigenvalue weighted by Crippen LogP contribution is 2.36. The molecule has 1 aliphatic rings. The quantitative estimate of drug-likeness (QED) is 0.884. The van der Waals surface area contributed by atoms with Crippen molar-refractivity contribution in [3.8, 4) is 0 Å². The van der Waals surface area contributed by atoms with E-state index in [4.69, 9.17) is 0 Å². The lowest BCUT2D eigenvalue weighted by Crippen LogP contribution is -2.02. The van der Waals surface area contributed by atoms with Crippen molar-refractivity contribution in [2.45, 2.75) is 38.7 Å². The monoisotopic (exact) mass is 241 g/mol. The Labute approximate surface area is 108 Å². The van der Waals surface area contributed by atoms with Crippen molar-refractivity contribution in [3.05, 3.63) is 41.6 Å². The van der Waals surface area contributed by atoms with E-state index in [2.05, 4.69) is 18.0 Å². The molecular weight excluding hydrogens is 222 g/mol. The Morgan fingerprint density at radius 2 is 2.11 bits per heavy atom. The molecule has 1 aromatic heterocycles. The highest BCUT2D eigenvalue weighted by molar-refractivity contribution is 5.82. The van der Waals surface area contributed by atoms with E-state index < -0.39 is 6.10 Å². The van der Waals surface area contributed by atoms with Gasteiger partial charge in [-0.2, -0.15) is 0 Å². The summed E-state index contributed by atoms with van der Waals surface area (Å²) >= 11 is 0. The Kier molecular flexibility index (Phi) is 3.04. The second kappa shape index (κ2) is 4.69. The molecule has 0 radical (unpaired) electrons. The van der Waals surface area contributed by atoms with Crippen LogP contribution in [0.15, 0.2) is 30.3 Å². The average Bonchev–Trinajstić information content (AvgIpc) is 3.20. The summed E-state index contributed by atoms with van der Waals surface area (Å²) in [5, 5.41) is 11.4. The van der Waals surface area contributed by atoms with E-state index in [1.807, 2.05) is 24.3 Å². The molecule has 1 aliphatic carbocycles. The predicted octanol–water partition coefficient (Wildman–Crippen LogP) is 3.77. The van der Waals surface area contributed by atoms with Crippen molar-refractivity contribution in [2.75, 3.05) is 0 Å². The minimum absolute atomic E-state index is 0.408. The van der Waals surface area contributed by atoms with Crippen LogP contribution in [0.3, 0.4) is 0 Å². The van der Waals surface area contributed by atoms with Gasteiger partial charge in [0, 0.05) is 5.39 Å². The fourth-order valence-corrected chi connectivity index (χ4v) is 2.49. The van der Waals surface area contributed by atoms with Gasteiger partial charge in [0.1, 0.15) is 0 Å². The van der Waals surface area contributed by atoms with Crippen LogP contribution in [0.1, 0.15) is 43.0 Å². The molecule has 0 amide bonds. The molecule has 1 saturated carbocycles. The van der Waals surface area contributed by atoms with Crippen molar-refractivity contribution in [1.82, 2.24) is 4.98 Å². The van der Waals surface area contributed by atoms with Crippen molar-refractivity contribution in [2.24, 2.45) is 5.92 Å². The summed E-state index contributed by atoms with van der Waals surface area (Å²) in [4.78, 5) is 4.58. The number of pyridine rings is 1. The molecule has 1 unspecified atom stereocenters. The zero-order valence-corrected chi connectivity index (χ0v) is 10.8. The fraction of sp³-hybridized carbons (Fsp3) is 0.438. The molecule has 1 fully saturated rings. The molecule has 2 heteroatoms. The van der Waals surface area contributed by atoms with Crippen LogP contribution in [0, 0.1) is 12.8 Å². The molecule has 0 aliphatic heterocycles. The molecular formula is C16H19NO. The van der Waals surface area contributed by atoms with Crippen molar-refractivity contribution in [1.29, 1.82) is 0 Å². The number of hydrogen-bond donors (Lipinski definition) is 1. The summed E-state index contributed by atoms with van der Waals surface area (Å²) in [6.07, 6.45) is 4.26. The van der Waals surface area contributed by atoms with E-state index in [9.17, 15) is 5.11 Å². The van der Waals surface area contributed by atoms with Crippen molar-refractivity contribution in [3.63, 3.8) is 0 Å². The lowest BCUT2D eigenvalue weighted by atomic mass is 10.0. The normalized spacial score (nSPS) is 17.0. The highest BCUT2D eigenvalue weighted by Gasteiger charge is 2.22. The number of rotatable bonds is 4. The summed E-state index contributed by atoms with van der Waals surface area (Å²) in [7, 11) is 0. The maximum absolute atomic E-state index is 10.2. The first-order chi connectivity index (χ1) is 8.74. The number of benzene rings is 1. The molecule has 0 bridgehead atoms. The topological polar surface area (TPSA) is 33.1 Å². The maximum Gasteiger partial charge on any atom is 0.0960 e. The molecule has 18 heavy (non-hydrogen) atoms. The second-order valence-electron chi connectivity index (χ2n) is 5.42. The standard InChI is InChI=1S/C16H19NO/c1-11-10-15(16(18)9-8-12-6-7-12)17-14-5-3-2-4-13(11)14/h2-5,10,12,16,18H,6-9H2,1H3. The van der Waals surface area contributed by atoms with Crippen LogP contribution < -0.4 is 0 Å². The van der Waals surface area contributed by atoms with E-state index in [0.717, 1.165) is 30.0 Å². The molecule has 2 nitrogen and oxygen atoms in total. The fourth-order valence-electron chi connectivity index (χ4n) is 2.49. The highest BCUT2D eigenvalue weighted by atomic mass is 16.3. The number of para-hydroxylation sites is 1. The number of fused-ring (bicyclic) bond motifs is 1. The molecule has 0 saturated heterocycles. The SMILES string of the molecule is Cc1cc(C(O)CCC2CC2)nc2ccccc12. The number of aryl methyl sites for hydroxylation is 1. The third kappa shape index (κ3) is 2.39. The zero-order chi connectivity index (χ0) is 12.5. The van der Waals surface area contributed by atoms with Gasteiger partial charge in [0.2, 0.25) is 0 Å². The molecule has 1 heterocycles. The molecule has 1 N–H and O–H groups in total. The molecule has 3 rings (SSSR count). The van der Waals surface area contributed by atoms with E-state index in [0.29, 0.717) is 0 Å². The number of aliphatic hydroxyl groups excluding tert-OH is 1. The molecule has 0 spiro atoms. The Morgan fingerprint density at radius 1 is 1.33 bits per heavy atom. The van der Waals surface area contributed by atoms with E-state index >= 15 is 0 Å². The van der Waals surface area contributed by atoms with Crippen LogP contribution in [0.5, 0.6) is 0 Å². The predicted molar refractivity (Wildman–Crippen MR) is 73.4 cm³/mol. The summed E-state index contributed by atoms with van der Waals surface area (Å²) in [5.41, 5.74) is 3.01.